The average Bonchev–Trinajstić information content (AvgIpc) is 2.05. The number of nitrogens with one attached hydrogen (secondary N) is 1. The number of carbonyl (C=O) groups excluding carboxylic acids is 1. The fourth-order valence-electron chi connectivity index (χ4n) is 0.854. The zero-order valence-corrected chi connectivity index (χ0v) is 8.10. The maximum absolute atomic E-state index is 11.3. The van der Waals surface area contributed by atoms with E-state index < -0.39 is 0 Å². The van der Waals surface area contributed by atoms with E-state index in [0.717, 1.165) is 4.47 Å². The molecule has 1 rings (SSSR count). The van der Waals surface area contributed by atoms with Crippen LogP contribution in [0.3, 0.4) is 0 Å². The molecule has 1 aromatic rings. The van der Waals surface area contributed by atoms with Crippen LogP contribution in [0.5, 0.6) is 0 Å². The molecule has 12 heavy (non-hydrogen) atoms. The molecule has 0 aliphatic heterocycles. The van der Waals surface area contributed by atoms with Gasteiger partial charge >= 0.3 is 0 Å². The third kappa shape index (κ3) is 2.08. The zero-order valence-electron chi connectivity index (χ0n) is 6.51. The highest BCUT2D eigenvalue weighted by atomic mass is 79.9. The molecule has 0 saturated carbocycles. The molecule has 1 aromatic carbocycles. The maximum atomic E-state index is 11.3. The SMILES string of the molecule is [CH2]CNC(=O)c1ccccc1Br. The molecule has 0 fully saturated rings. The number of amides is 1. The molecule has 3 heteroatoms. The standard InChI is InChI=1S/C9H9BrNO/c1-2-11-9(12)7-5-3-4-6-8(7)10/h3-6H,1-2H2,(H,11,12). The summed E-state index contributed by atoms with van der Waals surface area (Å²) in [5, 5.41) is 2.62. The van der Waals surface area contributed by atoms with Crippen LogP contribution >= 0.6 is 15.9 Å². The van der Waals surface area contributed by atoms with Gasteiger partial charge < -0.3 is 5.32 Å². The summed E-state index contributed by atoms with van der Waals surface area (Å²) in [4.78, 5) is 11.3. The summed E-state index contributed by atoms with van der Waals surface area (Å²) in [5.74, 6) is -0.0996. The van der Waals surface area contributed by atoms with Gasteiger partial charge in [0, 0.05) is 11.0 Å². The van der Waals surface area contributed by atoms with Crippen molar-refractivity contribution in [2.75, 3.05) is 6.54 Å². The predicted molar refractivity (Wildman–Crippen MR) is 51.8 cm³/mol. The molecule has 0 aromatic heterocycles. The highest BCUT2D eigenvalue weighted by Crippen LogP contribution is 2.15. The Kier molecular flexibility index (Phi) is 3.29. The third-order valence-electron chi connectivity index (χ3n) is 1.40. The van der Waals surface area contributed by atoms with Crippen LogP contribution in [-0.4, -0.2) is 12.5 Å². The topological polar surface area (TPSA) is 29.1 Å². The van der Waals surface area contributed by atoms with Gasteiger partial charge in [0.05, 0.1) is 5.56 Å². The Morgan fingerprint density at radius 1 is 1.50 bits per heavy atom. The van der Waals surface area contributed by atoms with Gasteiger partial charge in [0.25, 0.3) is 5.91 Å². The van der Waals surface area contributed by atoms with Crippen LogP contribution < -0.4 is 5.32 Å². The lowest BCUT2D eigenvalue weighted by Gasteiger charge is -2.02. The molecule has 0 spiro atoms. The third-order valence-corrected chi connectivity index (χ3v) is 2.10. The summed E-state index contributed by atoms with van der Waals surface area (Å²) in [7, 11) is 0. The Balaban J connectivity index is 2.87. The lowest BCUT2D eigenvalue weighted by molar-refractivity contribution is 0.0957. The van der Waals surface area contributed by atoms with Crippen LogP contribution in [0.25, 0.3) is 0 Å². The van der Waals surface area contributed by atoms with Gasteiger partial charge in [-0.2, -0.15) is 0 Å². The highest BCUT2D eigenvalue weighted by molar-refractivity contribution is 9.10. The molecule has 0 unspecified atom stereocenters. The van der Waals surface area contributed by atoms with Crippen LogP contribution in [0.15, 0.2) is 28.7 Å². The van der Waals surface area contributed by atoms with Crippen LogP contribution in [0.1, 0.15) is 10.4 Å². The predicted octanol–water partition coefficient (Wildman–Crippen LogP) is 2.01. The van der Waals surface area contributed by atoms with E-state index in [-0.39, 0.29) is 5.91 Å². The zero-order chi connectivity index (χ0) is 8.97. The first-order valence-electron chi connectivity index (χ1n) is 3.57. The molecule has 0 atom stereocenters. The Morgan fingerprint density at radius 3 is 2.75 bits per heavy atom. The van der Waals surface area contributed by atoms with Gasteiger partial charge in [-0.05, 0) is 35.0 Å². The van der Waals surface area contributed by atoms with Crippen LogP contribution in [0, 0.1) is 6.92 Å². The number of hydrogen-bond donors (Lipinski definition) is 1. The first kappa shape index (κ1) is 9.26. The molecule has 2 nitrogen and oxygen atoms in total. The summed E-state index contributed by atoms with van der Waals surface area (Å²) in [6.07, 6.45) is 0. The van der Waals surface area contributed by atoms with E-state index in [1.165, 1.54) is 0 Å². The minimum Gasteiger partial charge on any atom is -0.352 e. The van der Waals surface area contributed by atoms with Crippen molar-refractivity contribution in [1.82, 2.24) is 5.32 Å². The van der Waals surface area contributed by atoms with Crippen molar-refractivity contribution < 1.29 is 4.79 Å². The van der Waals surface area contributed by atoms with Crippen molar-refractivity contribution in [3.05, 3.63) is 41.2 Å². The summed E-state index contributed by atoms with van der Waals surface area (Å²) in [5.41, 5.74) is 0.640. The quantitative estimate of drug-likeness (QED) is 0.822. The first-order valence-corrected chi connectivity index (χ1v) is 4.37. The van der Waals surface area contributed by atoms with Gasteiger partial charge in [0.15, 0.2) is 0 Å². The van der Waals surface area contributed by atoms with E-state index in [2.05, 4.69) is 28.2 Å². The second kappa shape index (κ2) is 4.26. The van der Waals surface area contributed by atoms with E-state index in [4.69, 9.17) is 0 Å². The molecular formula is C9H9BrNO. The molecule has 0 heterocycles. The number of rotatable bonds is 2. The molecule has 1 radical (unpaired) electrons. The molecule has 63 valence electrons. The normalized spacial score (nSPS) is 9.50. The number of benzene rings is 1. The number of carbonyl (C=O) groups is 1. The minimum absolute atomic E-state index is 0.0996. The van der Waals surface area contributed by atoms with Crippen molar-refractivity contribution in [2.45, 2.75) is 0 Å². The molecule has 0 saturated heterocycles. The minimum atomic E-state index is -0.0996. The largest absolute Gasteiger partial charge is 0.352 e. The smallest absolute Gasteiger partial charge is 0.252 e. The molecular weight excluding hydrogens is 218 g/mol. The molecule has 0 aliphatic rings. The van der Waals surface area contributed by atoms with Crippen molar-refractivity contribution in [2.24, 2.45) is 0 Å². The molecule has 0 aliphatic carbocycles. The average molecular weight is 227 g/mol. The van der Waals surface area contributed by atoms with Gasteiger partial charge in [-0.3, -0.25) is 4.79 Å². The van der Waals surface area contributed by atoms with Crippen molar-refractivity contribution in [1.29, 1.82) is 0 Å². The molecule has 1 amide bonds. The highest BCUT2D eigenvalue weighted by Gasteiger charge is 2.06. The Hall–Kier alpha value is -0.830. The molecule has 0 bridgehead atoms. The van der Waals surface area contributed by atoms with Crippen LogP contribution in [-0.2, 0) is 0 Å². The lowest BCUT2D eigenvalue weighted by atomic mass is 10.2. The van der Waals surface area contributed by atoms with Gasteiger partial charge in [-0.1, -0.05) is 12.1 Å². The van der Waals surface area contributed by atoms with E-state index in [0.29, 0.717) is 12.1 Å². The number of halogens is 1. The van der Waals surface area contributed by atoms with Gasteiger partial charge in [-0.15, -0.1) is 0 Å². The van der Waals surface area contributed by atoms with Crippen LogP contribution in [0.2, 0.25) is 0 Å². The fourth-order valence-corrected chi connectivity index (χ4v) is 1.32. The first-order chi connectivity index (χ1) is 5.75. The lowest BCUT2D eigenvalue weighted by Crippen LogP contribution is -2.23. The second-order valence-electron chi connectivity index (χ2n) is 2.24. The van der Waals surface area contributed by atoms with Crippen LogP contribution in [0.4, 0.5) is 0 Å². The van der Waals surface area contributed by atoms with E-state index in [9.17, 15) is 4.79 Å². The van der Waals surface area contributed by atoms with E-state index >= 15 is 0 Å². The second-order valence-corrected chi connectivity index (χ2v) is 3.09. The summed E-state index contributed by atoms with van der Waals surface area (Å²) >= 11 is 3.29. The Labute approximate surface area is 80.1 Å². The van der Waals surface area contributed by atoms with Gasteiger partial charge in [0.1, 0.15) is 0 Å². The number of hydrogen-bond acceptors (Lipinski definition) is 1. The fraction of sp³-hybridized carbons (Fsp3) is 0.111. The van der Waals surface area contributed by atoms with Gasteiger partial charge in [0.2, 0.25) is 0 Å². The van der Waals surface area contributed by atoms with E-state index in [1.54, 1.807) is 6.07 Å². The Bertz CT molecular complexity index is 286. The van der Waals surface area contributed by atoms with Gasteiger partial charge in [-0.25, -0.2) is 0 Å². The van der Waals surface area contributed by atoms with Crippen molar-refractivity contribution in [3.8, 4) is 0 Å². The molecule has 1 N–H and O–H groups in total. The van der Waals surface area contributed by atoms with Crippen molar-refractivity contribution in [3.63, 3.8) is 0 Å². The Morgan fingerprint density at radius 2 is 2.17 bits per heavy atom. The van der Waals surface area contributed by atoms with E-state index in [1.807, 2.05) is 18.2 Å². The summed E-state index contributed by atoms with van der Waals surface area (Å²) in [6, 6.07) is 7.28. The summed E-state index contributed by atoms with van der Waals surface area (Å²) in [6.45, 7) is 3.94. The monoisotopic (exact) mass is 226 g/mol. The van der Waals surface area contributed by atoms with Crippen molar-refractivity contribution >= 4 is 21.8 Å². The summed E-state index contributed by atoms with van der Waals surface area (Å²) < 4.78 is 0.802. The maximum Gasteiger partial charge on any atom is 0.252 e.